The van der Waals surface area contributed by atoms with Gasteiger partial charge in [0.05, 0.1) is 0 Å². The Morgan fingerprint density at radius 1 is 1.20 bits per heavy atom. The molecule has 0 radical (unpaired) electrons. The molecule has 0 bridgehead atoms. The van der Waals surface area contributed by atoms with Crippen molar-refractivity contribution in [1.29, 1.82) is 0 Å². The molecule has 0 unspecified atom stereocenters. The van der Waals surface area contributed by atoms with Crippen LogP contribution in [-0.2, 0) is 9.63 Å². The Bertz CT molecular complexity index is 850. The van der Waals surface area contributed by atoms with Crippen molar-refractivity contribution >= 4 is 11.7 Å². The second-order valence-electron chi connectivity index (χ2n) is 7.16. The lowest BCUT2D eigenvalue weighted by Gasteiger charge is -2.33. The van der Waals surface area contributed by atoms with E-state index in [0.29, 0.717) is 29.8 Å². The first-order valence-corrected chi connectivity index (χ1v) is 10.2. The molecule has 1 saturated carbocycles. The molecule has 1 fully saturated rings. The number of nitrogens with two attached hydrogens (primary N) is 1. The van der Waals surface area contributed by atoms with Crippen molar-refractivity contribution in [2.24, 2.45) is 10.9 Å². The average Bonchev–Trinajstić information content (AvgIpc) is 2.77. The molecule has 0 aliphatic heterocycles. The van der Waals surface area contributed by atoms with Crippen LogP contribution in [0.15, 0.2) is 47.8 Å². The molecule has 1 aliphatic rings. The fourth-order valence-electron chi connectivity index (χ4n) is 3.54. The Hall–Kier alpha value is -3.16. The number of aromatic nitrogens is 1. The van der Waals surface area contributed by atoms with E-state index in [-0.39, 0.29) is 24.2 Å². The fourth-order valence-corrected chi connectivity index (χ4v) is 3.54. The van der Waals surface area contributed by atoms with Crippen LogP contribution in [0.5, 0.6) is 11.6 Å². The first-order valence-electron chi connectivity index (χ1n) is 10.2. The molecule has 0 atom stereocenters. The van der Waals surface area contributed by atoms with Crippen LogP contribution in [0, 0.1) is 5.82 Å². The first kappa shape index (κ1) is 21.5. The smallest absolute Gasteiger partial charge is 0.263 e. The summed E-state index contributed by atoms with van der Waals surface area (Å²) in [7, 11) is 0. The number of hydrogen-bond acceptors (Lipinski definition) is 5. The second-order valence-corrected chi connectivity index (χ2v) is 7.16. The summed E-state index contributed by atoms with van der Waals surface area (Å²) in [5, 5.41) is 3.84. The topological polar surface area (TPSA) is 90.0 Å². The monoisotopic (exact) mass is 414 g/mol. The zero-order chi connectivity index (χ0) is 21.3. The number of rotatable bonds is 8. The molecule has 160 valence electrons. The third kappa shape index (κ3) is 5.92. The molecule has 1 aromatic heterocycles. The van der Waals surface area contributed by atoms with Gasteiger partial charge in [0, 0.05) is 30.4 Å². The molecule has 0 saturated heterocycles. The van der Waals surface area contributed by atoms with Gasteiger partial charge in [-0.2, -0.15) is 0 Å². The van der Waals surface area contributed by atoms with Gasteiger partial charge in [0.25, 0.3) is 5.91 Å². The molecule has 1 aromatic carbocycles. The average molecular weight is 414 g/mol. The number of halogens is 1. The normalized spacial score (nSPS) is 14.9. The highest BCUT2D eigenvalue weighted by Crippen LogP contribution is 2.23. The van der Waals surface area contributed by atoms with Gasteiger partial charge in [-0.05, 0) is 50.1 Å². The van der Waals surface area contributed by atoms with Crippen molar-refractivity contribution in [3.63, 3.8) is 0 Å². The maximum Gasteiger partial charge on any atom is 0.263 e. The minimum Gasteiger partial charge on any atom is -0.439 e. The molecule has 1 amide bonds. The number of pyridine rings is 1. The number of likely N-dealkylation sites (N-methyl/N-ethyl adjacent to an activating group) is 1. The maximum absolute atomic E-state index is 12.9. The van der Waals surface area contributed by atoms with Crippen LogP contribution in [-0.4, -0.2) is 40.8 Å². The molecule has 8 heteroatoms. The van der Waals surface area contributed by atoms with Crippen LogP contribution in [0.25, 0.3) is 0 Å². The van der Waals surface area contributed by atoms with E-state index in [1.165, 1.54) is 36.9 Å². The largest absolute Gasteiger partial charge is 0.439 e. The fraction of sp³-hybridized carbons (Fsp3) is 0.409. The van der Waals surface area contributed by atoms with E-state index in [0.717, 1.165) is 25.7 Å². The van der Waals surface area contributed by atoms with E-state index < -0.39 is 0 Å². The number of ether oxygens (including phenoxy) is 1. The van der Waals surface area contributed by atoms with Crippen LogP contribution < -0.4 is 10.5 Å². The Morgan fingerprint density at radius 2 is 1.93 bits per heavy atom. The number of carbonyl (C=O) groups is 1. The minimum absolute atomic E-state index is 0.0814. The van der Waals surface area contributed by atoms with Crippen molar-refractivity contribution in [3.8, 4) is 11.6 Å². The van der Waals surface area contributed by atoms with E-state index >= 15 is 0 Å². The number of oxime groups is 1. The highest BCUT2D eigenvalue weighted by molar-refractivity contribution is 5.96. The van der Waals surface area contributed by atoms with Gasteiger partial charge in [-0.3, -0.25) is 4.79 Å². The van der Waals surface area contributed by atoms with E-state index in [2.05, 4.69) is 10.1 Å². The summed E-state index contributed by atoms with van der Waals surface area (Å²) in [5.74, 6) is 0.499. The summed E-state index contributed by atoms with van der Waals surface area (Å²) in [6.07, 6.45) is 7.14. The summed E-state index contributed by atoms with van der Waals surface area (Å²) in [6, 6.07) is 9.22. The lowest BCUT2D eigenvalue weighted by atomic mass is 9.94. The Balaban J connectivity index is 1.52. The number of carbonyl (C=O) groups excluding carboxylic acids is 1. The predicted molar refractivity (Wildman–Crippen MR) is 112 cm³/mol. The van der Waals surface area contributed by atoms with Gasteiger partial charge in [0.1, 0.15) is 11.6 Å². The van der Waals surface area contributed by atoms with Gasteiger partial charge in [0.2, 0.25) is 5.88 Å². The molecule has 2 aromatic rings. The number of amidine groups is 1. The zero-order valence-corrected chi connectivity index (χ0v) is 17.1. The maximum atomic E-state index is 12.9. The van der Waals surface area contributed by atoms with Gasteiger partial charge < -0.3 is 20.2 Å². The van der Waals surface area contributed by atoms with Gasteiger partial charge >= 0.3 is 0 Å². The van der Waals surface area contributed by atoms with Gasteiger partial charge in [0.15, 0.2) is 12.4 Å². The standard InChI is InChI=1S/C22H27FN4O3/c1-2-27(18-6-4-3-5-7-18)21(28)15-29-26-22(24)16-8-13-20(25-14-16)30-19-11-9-17(23)10-12-19/h8-14,18H,2-7,15H2,1H3,(H2,24,26). The van der Waals surface area contributed by atoms with Crippen molar-refractivity contribution in [1.82, 2.24) is 9.88 Å². The predicted octanol–water partition coefficient (Wildman–Crippen LogP) is 3.83. The van der Waals surface area contributed by atoms with E-state index in [1.807, 2.05) is 11.8 Å². The number of amides is 1. The Labute approximate surface area is 175 Å². The first-order chi connectivity index (χ1) is 14.6. The minimum atomic E-state index is -0.339. The number of benzene rings is 1. The summed E-state index contributed by atoms with van der Waals surface area (Å²) >= 11 is 0. The van der Waals surface area contributed by atoms with Crippen LogP contribution in [0.1, 0.15) is 44.6 Å². The molecule has 3 rings (SSSR count). The Kier molecular flexibility index (Phi) is 7.59. The van der Waals surface area contributed by atoms with Crippen molar-refractivity contribution in [2.45, 2.75) is 45.1 Å². The third-order valence-corrected chi connectivity index (χ3v) is 5.10. The van der Waals surface area contributed by atoms with Crippen LogP contribution >= 0.6 is 0 Å². The molecule has 7 nitrogen and oxygen atoms in total. The lowest BCUT2D eigenvalue weighted by Crippen LogP contribution is -2.43. The van der Waals surface area contributed by atoms with Crippen LogP contribution in [0.4, 0.5) is 4.39 Å². The van der Waals surface area contributed by atoms with Crippen LogP contribution in [0.2, 0.25) is 0 Å². The van der Waals surface area contributed by atoms with Crippen molar-refractivity contribution < 1.29 is 18.8 Å². The molecular formula is C22H27FN4O3. The van der Waals surface area contributed by atoms with Gasteiger partial charge in [-0.25, -0.2) is 9.37 Å². The highest BCUT2D eigenvalue weighted by Gasteiger charge is 2.24. The van der Waals surface area contributed by atoms with Gasteiger partial charge in [-0.15, -0.1) is 0 Å². The second kappa shape index (κ2) is 10.6. The number of nitrogens with zero attached hydrogens (tertiary/aromatic N) is 3. The third-order valence-electron chi connectivity index (χ3n) is 5.10. The SMILES string of the molecule is CCN(C(=O)CO/N=C(/N)c1ccc(Oc2ccc(F)cc2)nc1)C1CCCCC1. The molecule has 1 heterocycles. The summed E-state index contributed by atoms with van der Waals surface area (Å²) in [5.41, 5.74) is 6.47. The molecule has 0 spiro atoms. The highest BCUT2D eigenvalue weighted by atomic mass is 19.1. The quantitative estimate of drug-likeness (QED) is 0.403. The summed E-state index contributed by atoms with van der Waals surface area (Å²) in [4.78, 5) is 23.7. The van der Waals surface area contributed by atoms with Gasteiger partial charge in [-0.1, -0.05) is 24.4 Å². The van der Waals surface area contributed by atoms with Crippen molar-refractivity contribution in [2.75, 3.05) is 13.2 Å². The molecular weight excluding hydrogens is 387 g/mol. The van der Waals surface area contributed by atoms with E-state index in [1.54, 1.807) is 12.1 Å². The summed E-state index contributed by atoms with van der Waals surface area (Å²) < 4.78 is 18.5. The summed E-state index contributed by atoms with van der Waals surface area (Å²) in [6.45, 7) is 2.49. The number of hydrogen-bond donors (Lipinski definition) is 1. The Morgan fingerprint density at radius 3 is 2.57 bits per heavy atom. The molecule has 2 N–H and O–H groups in total. The molecule has 30 heavy (non-hydrogen) atoms. The van der Waals surface area contributed by atoms with E-state index in [9.17, 15) is 9.18 Å². The van der Waals surface area contributed by atoms with Crippen molar-refractivity contribution in [3.05, 3.63) is 54.0 Å². The zero-order valence-electron chi connectivity index (χ0n) is 17.1. The van der Waals surface area contributed by atoms with Crippen LogP contribution in [0.3, 0.4) is 0 Å². The molecule has 1 aliphatic carbocycles. The lowest BCUT2D eigenvalue weighted by molar-refractivity contribution is -0.138. The van der Waals surface area contributed by atoms with E-state index in [4.69, 9.17) is 15.3 Å².